The Balaban J connectivity index is 1.26. The minimum absolute atomic E-state index is 0.174. The number of ether oxygens (including phenoxy) is 1. The smallest absolute Gasteiger partial charge is 0.254 e. The van der Waals surface area contributed by atoms with Crippen molar-refractivity contribution in [3.63, 3.8) is 0 Å². The maximum absolute atomic E-state index is 15.9. The number of rotatable bonds is 15. The third-order valence-corrected chi connectivity index (χ3v) is 11.6. The quantitative estimate of drug-likeness (QED) is 0.114. The summed E-state index contributed by atoms with van der Waals surface area (Å²) in [5.41, 5.74) is 12.9. The third kappa shape index (κ3) is 9.41. The minimum Gasteiger partial charge on any atom is -0.381 e. The van der Waals surface area contributed by atoms with Gasteiger partial charge in [-0.05, 0) is 113 Å². The van der Waals surface area contributed by atoms with Gasteiger partial charge >= 0.3 is 0 Å². The summed E-state index contributed by atoms with van der Waals surface area (Å²) in [4.78, 5) is 38.6. The van der Waals surface area contributed by atoms with E-state index in [9.17, 15) is 9.59 Å². The van der Waals surface area contributed by atoms with Crippen LogP contribution in [0.25, 0.3) is 22.2 Å². The number of nitrogens with zero attached hydrogens (tertiary/aromatic N) is 6. The Kier molecular flexibility index (Phi) is 13.2. The highest BCUT2D eigenvalue weighted by Crippen LogP contribution is 2.34. The van der Waals surface area contributed by atoms with Crippen LogP contribution in [0.1, 0.15) is 89.1 Å². The third-order valence-electron chi connectivity index (χ3n) is 11.6. The van der Waals surface area contributed by atoms with Gasteiger partial charge in [-0.25, -0.2) is 14.1 Å². The molecule has 11 nitrogen and oxygen atoms in total. The number of likely N-dealkylation sites (tertiary alicyclic amines) is 1. The molecule has 2 aliphatic heterocycles. The van der Waals surface area contributed by atoms with E-state index >= 15 is 4.39 Å². The second kappa shape index (κ2) is 18.6. The van der Waals surface area contributed by atoms with Crippen LogP contribution in [0.3, 0.4) is 0 Å². The number of primary amides is 1. The van der Waals surface area contributed by atoms with Crippen LogP contribution >= 0.6 is 0 Å². The molecule has 3 aromatic carbocycles. The Morgan fingerprint density at radius 3 is 2.50 bits per heavy atom. The van der Waals surface area contributed by atoms with Crippen molar-refractivity contribution in [2.24, 2.45) is 5.73 Å². The van der Waals surface area contributed by atoms with E-state index in [0.29, 0.717) is 43.3 Å². The Morgan fingerprint density at radius 1 is 0.948 bits per heavy atom. The molecule has 0 radical (unpaired) electrons. The number of hydrogen-bond donors (Lipinski definition) is 2. The standard InChI is InChI=1S/C46H57FN8O3/c1-5-42-40(43(50-36-18-21-58-22-19-36)39-26-49-55(6-2)45(39)51-42)30-54(46(57)35-14-10-13-34(25-35)44(48)56)28-32-16-17-41(47)38(24-32)33-12-9-11-31(23-33)27-53-20-8-7-15-37(53)29-52(3)4/h9-14,16-17,23-26,36-37H,5-8,15,18-22,27-30H2,1-4H3,(H2,48,56)(H,50,51). The molecule has 2 aromatic heterocycles. The molecule has 2 aliphatic rings. The molecule has 0 bridgehead atoms. The molecular weight excluding hydrogens is 732 g/mol. The zero-order chi connectivity index (χ0) is 40.8. The molecule has 0 spiro atoms. The minimum atomic E-state index is -0.612. The number of aromatic nitrogens is 3. The summed E-state index contributed by atoms with van der Waals surface area (Å²) in [5, 5.41) is 9.39. The Hall–Kier alpha value is -5.17. The van der Waals surface area contributed by atoms with E-state index in [1.807, 2.05) is 36.0 Å². The highest BCUT2D eigenvalue weighted by Gasteiger charge is 2.27. The van der Waals surface area contributed by atoms with E-state index < -0.39 is 5.91 Å². The lowest BCUT2D eigenvalue weighted by Crippen LogP contribution is -2.44. The van der Waals surface area contributed by atoms with Gasteiger partial charge in [0.25, 0.3) is 5.91 Å². The fraction of sp³-hybridized carbons (Fsp3) is 0.435. The lowest BCUT2D eigenvalue weighted by atomic mass is 9.97. The second-order valence-corrected chi connectivity index (χ2v) is 16.0. The second-order valence-electron chi connectivity index (χ2n) is 16.0. The Labute approximate surface area is 341 Å². The summed E-state index contributed by atoms with van der Waals surface area (Å²) in [6.07, 6.45) is 7.79. The number of hydrogen-bond acceptors (Lipinski definition) is 8. The molecule has 4 heterocycles. The number of aryl methyl sites for hydroxylation is 2. The number of carbonyl (C=O) groups excluding carboxylic acids is 2. The van der Waals surface area contributed by atoms with E-state index in [1.54, 1.807) is 35.2 Å². The fourth-order valence-corrected chi connectivity index (χ4v) is 8.54. The highest BCUT2D eigenvalue weighted by molar-refractivity contribution is 5.99. The van der Waals surface area contributed by atoms with E-state index in [-0.39, 0.29) is 36.4 Å². The van der Waals surface area contributed by atoms with Crippen LogP contribution in [-0.4, -0.2) is 93.8 Å². The summed E-state index contributed by atoms with van der Waals surface area (Å²) < 4.78 is 23.4. The number of nitrogens with two attached hydrogens (primary N) is 1. The molecule has 2 saturated heterocycles. The molecule has 306 valence electrons. The molecule has 1 atom stereocenters. The van der Waals surface area contributed by atoms with Crippen molar-refractivity contribution in [3.05, 3.63) is 112 Å². The first kappa shape index (κ1) is 41.0. The highest BCUT2D eigenvalue weighted by atomic mass is 19.1. The number of pyridine rings is 1. The maximum atomic E-state index is 15.9. The number of amides is 2. The van der Waals surface area contributed by atoms with Gasteiger partial charge < -0.3 is 25.6 Å². The summed E-state index contributed by atoms with van der Waals surface area (Å²) in [5.74, 6) is -1.22. The van der Waals surface area contributed by atoms with Crippen LogP contribution in [0.15, 0.2) is 72.9 Å². The van der Waals surface area contributed by atoms with Crippen LogP contribution in [0.5, 0.6) is 0 Å². The first-order chi connectivity index (χ1) is 28.1. The number of anilines is 1. The maximum Gasteiger partial charge on any atom is 0.254 e. The lowest BCUT2D eigenvalue weighted by Gasteiger charge is -2.37. The van der Waals surface area contributed by atoms with Gasteiger partial charge in [-0.3, -0.25) is 14.5 Å². The van der Waals surface area contributed by atoms with E-state index in [4.69, 9.17) is 15.5 Å². The first-order valence-corrected chi connectivity index (χ1v) is 20.8. The average molecular weight is 789 g/mol. The number of carbonyl (C=O) groups is 2. The van der Waals surface area contributed by atoms with Crippen molar-refractivity contribution >= 4 is 28.5 Å². The molecule has 1 unspecified atom stereocenters. The number of nitrogens with one attached hydrogen (secondary N) is 1. The zero-order valence-corrected chi connectivity index (χ0v) is 34.3. The van der Waals surface area contributed by atoms with Crippen molar-refractivity contribution in [3.8, 4) is 11.1 Å². The normalized spacial score (nSPS) is 16.6. The lowest BCUT2D eigenvalue weighted by molar-refractivity contribution is 0.0729. The van der Waals surface area contributed by atoms with Crippen LogP contribution in [0.2, 0.25) is 0 Å². The summed E-state index contributed by atoms with van der Waals surface area (Å²) in [7, 11) is 4.25. The molecule has 2 fully saturated rings. The van der Waals surface area contributed by atoms with Gasteiger partial charge in [-0.2, -0.15) is 5.10 Å². The van der Waals surface area contributed by atoms with Gasteiger partial charge in [0.2, 0.25) is 5.91 Å². The van der Waals surface area contributed by atoms with Crippen LogP contribution in [-0.2, 0) is 37.3 Å². The molecule has 0 aliphatic carbocycles. The van der Waals surface area contributed by atoms with Crippen LogP contribution < -0.4 is 11.1 Å². The summed E-state index contributed by atoms with van der Waals surface area (Å²) in [6, 6.07) is 20.5. The molecule has 58 heavy (non-hydrogen) atoms. The van der Waals surface area contributed by atoms with Crippen LogP contribution in [0, 0.1) is 5.82 Å². The van der Waals surface area contributed by atoms with Gasteiger partial charge in [-0.15, -0.1) is 0 Å². The number of fused-ring (bicyclic) bond motifs is 1. The van der Waals surface area contributed by atoms with Crippen molar-refractivity contribution < 1.29 is 18.7 Å². The van der Waals surface area contributed by atoms with Gasteiger partial charge in [0.1, 0.15) is 5.82 Å². The summed E-state index contributed by atoms with van der Waals surface area (Å²) >= 11 is 0. The molecule has 0 saturated carbocycles. The molecule has 3 N–H and O–H groups in total. The number of likely N-dealkylation sites (N-methyl/N-ethyl adjacent to an activating group) is 1. The topological polar surface area (TPSA) is 122 Å². The zero-order valence-electron chi connectivity index (χ0n) is 34.3. The number of benzene rings is 3. The molecule has 12 heteroatoms. The average Bonchev–Trinajstić information content (AvgIpc) is 3.65. The van der Waals surface area contributed by atoms with Gasteiger partial charge in [0, 0.05) is 79.4 Å². The van der Waals surface area contributed by atoms with Crippen molar-refractivity contribution in [1.29, 1.82) is 0 Å². The first-order valence-electron chi connectivity index (χ1n) is 20.8. The van der Waals surface area contributed by atoms with E-state index in [2.05, 4.69) is 53.4 Å². The molecular formula is C46H57FN8O3. The van der Waals surface area contributed by atoms with E-state index in [1.165, 1.54) is 25.3 Å². The molecule has 7 rings (SSSR count). The SMILES string of the molecule is CCc1nc2c(cnn2CC)c(NC2CCOCC2)c1CN(Cc1ccc(F)c(-c2cccc(CN3CCCCC3CN(C)C)c2)c1)C(=O)c1cccc(C(N)=O)c1. The van der Waals surface area contributed by atoms with Gasteiger partial charge in [0.05, 0.1) is 23.8 Å². The Morgan fingerprint density at radius 2 is 1.74 bits per heavy atom. The number of halogens is 1. The monoisotopic (exact) mass is 788 g/mol. The predicted octanol–water partition coefficient (Wildman–Crippen LogP) is 7.27. The number of piperidine rings is 1. The molecule has 5 aromatic rings. The van der Waals surface area contributed by atoms with Gasteiger partial charge in [-0.1, -0.05) is 43.7 Å². The van der Waals surface area contributed by atoms with Crippen molar-refractivity contribution in [2.75, 3.05) is 45.7 Å². The fourth-order valence-electron chi connectivity index (χ4n) is 8.54. The van der Waals surface area contributed by atoms with Crippen molar-refractivity contribution in [1.82, 2.24) is 29.5 Å². The molecule has 2 amide bonds. The largest absolute Gasteiger partial charge is 0.381 e. The van der Waals surface area contributed by atoms with E-state index in [0.717, 1.165) is 77.1 Å². The summed E-state index contributed by atoms with van der Waals surface area (Å²) in [6.45, 7) is 9.37. The van der Waals surface area contributed by atoms with Crippen molar-refractivity contribution in [2.45, 2.75) is 90.6 Å². The van der Waals surface area contributed by atoms with Crippen LogP contribution in [0.4, 0.5) is 10.1 Å². The van der Waals surface area contributed by atoms with Gasteiger partial charge in [0.15, 0.2) is 5.65 Å². The predicted molar refractivity (Wildman–Crippen MR) is 227 cm³/mol. The Bertz CT molecular complexity index is 2230.